The molecule has 0 aliphatic carbocycles. The van der Waals surface area contributed by atoms with E-state index in [1.807, 2.05) is 0 Å². The zero-order valence-corrected chi connectivity index (χ0v) is 19.2. The van der Waals surface area contributed by atoms with E-state index in [-0.39, 0.29) is 17.0 Å². The van der Waals surface area contributed by atoms with E-state index in [9.17, 15) is 18.0 Å². The number of sulfonamides is 1. The molecule has 3 rings (SSSR count). The molecule has 1 aliphatic heterocycles. The van der Waals surface area contributed by atoms with Crippen LogP contribution in [0.4, 0.5) is 11.4 Å². The minimum Gasteiger partial charge on any atom is -0.497 e. The van der Waals surface area contributed by atoms with Crippen molar-refractivity contribution in [3.63, 3.8) is 0 Å². The van der Waals surface area contributed by atoms with Gasteiger partial charge in [0.25, 0.3) is 5.91 Å². The number of methoxy groups -OCH3 is 3. The molecule has 0 spiro atoms. The molecule has 0 bridgehead atoms. The van der Waals surface area contributed by atoms with Crippen molar-refractivity contribution in [3.8, 4) is 17.2 Å². The van der Waals surface area contributed by atoms with Crippen molar-refractivity contribution in [2.75, 3.05) is 45.6 Å². The predicted octanol–water partition coefficient (Wildman–Crippen LogP) is 1.71. The Balaban J connectivity index is 1.94. The summed E-state index contributed by atoms with van der Waals surface area (Å²) in [6.07, 6.45) is -0.123. The number of imide groups is 1. The molecule has 1 aliphatic rings. The molecule has 1 saturated heterocycles. The number of amides is 2. The van der Waals surface area contributed by atoms with Crippen LogP contribution in [0.25, 0.3) is 0 Å². The Bertz CT molecular complexity index is 1150. The molecular weight excluding hydrogens is 438 g/mol. The van der Waals surface area contributed by atoms with Crippen LogP contribution in [0.5, 0.6) is 17.2 Å². The van der Waals surface area contributed by atoms with Gasteiger partial charge in [0.1, 0.15) is 23.3 Å². The molecule has 1 atom stereocenters. The van der Waals surface area contributed by atoms with E-state index in [1.54, 1.807) is 18.2 Å². The van der Waals surface area contributed by atoms with Gasteiger partial charge < -0.3 is 19.5 Å². The second-order valence-corrected chi connectivity index (χ2v) is 9.31. The van der Waals surface area contributed by atoms with Crippen LogP contribution in [0, 0.1) is 0 Å². The minimum absolute atomic E-state index is 0.0243. The van der Waals surface area contributed by atoms with E-state index in [4.69, 9.17) is 14.2 Å². The number of rotatable bonds is 8. The Morgan fingerprint density at radius 2 is 1.66 bits per heavy atom. The third kappa shape index (κ3) is 4.21. The van der Waals surface area contributed by atoms with Gasteiger partial charge in [0, 0.05) is 20.2 Å². The second-order valence-electron chi connectivity index (χ2n) is 7.16. The van der Waals surface area contributed by atoms with Crippen LogP contribution in [-0.2, 0) is 19.6 Å². The van der Waals surface area contributed by atoms with Crippen LogP contribution in [0.2, 0.25) is 0 Å². The highest BCUT2D eigenvalue weighted by Gasteiger charge is 2.41. The summed E-state index contributed by atoms with van der Waals surface area (Å²) in [5.41, 5.74) is 0.577. The van der Waals surface area contributed by atoms with Crippen molar-refractivity contribution in [3.05, 3.63) is 36.4 Å². The Morgan fingerprint density at radius 3 is 2.25 bits per heavy atom. The monoisotopic (exact) mass is 463 g/mol. The van der Waals surface area contributed by atoms with Crippen molar-refractivity contribution in [2.45, 2.75) is 17.4 Å². The van der Waals surface area contributed by atoms with Crippen LogP contribution in [-0.4, -0.2) is 66.0 Å². The standard InChI is InChI=1S/C21H25N3O7S/c1-23(2)32(27,28)14-7-9-18(30-4)15(11-14)22-16-12-20(25)24(21(16)26)17-8-6-13(29-3)10-19(17)31-5/h6-11,16,22H,12H2,1-5H3/t16-/m1/s1. The number of hydrogen-bond donors (Lipinski definition) is 1. The van der Waals surface area contributed by atoms with Crippen LogP contribution in [0.3, 0.4) is 0 Å². The van der Waals surface area contributed by atoms with E-state index in [1.165, 1.54) is 53.6 Å². The number of nitrogens with one attached hydrogen (secondary N) is 1. The summed E-state index contributed by atoms with van der Waals surface area (Å²) >= 11 is 0. The van der Waals surface area contributed by atoms with Gasteiger partial charge in [-0.1, -0.05) is 0 Å². The Kier molecular flexibility index (Phi) is 6.60. The molecule has 2 amide bonds. The zero-order chi connectivity index (χ0) is 23.6. The lowest BCUT2D eigenvalue weighted by Gasteiger charge is -2.20. The maximum absolute atomic E-state index is 13.1. The van der Waals surface area contributed by atoms with E-state index >= 15 is 0 Å². The highest BCUT2D eigenvalue weighted by atomic mass is 32.2. The fraction of sp³-hybridized carbons (Fsp3) is 0.333. The van der Waals surface area contributed by atoms with Gasteiger partial charge in [0.05, 0.1) is 44.0 Å². The lowest BCUT2D eigenvalue weighted by Crippen LogP contribution is -2.35. The molecule has 172 valence electrons. The van der Waals surface area contributed by atoms with Gasteiger partial charge in [-0.25, -0.2) is 17.6 Å². The Labute approximate surface area is 186 Å². The number of anilines is 2. The quantitative estimate of drug-likeness (QED) is 0.589. The van der Waals surface area contributed by atoms with Crippen molar-refractivity contribution in [1.82, 2.24) is 4.31 Å². The lowest BCUT2D eigenvalue weighted by atomic mass is 10.2. The molecule has 0 radical (unpaired) electrons. The molecule has 2 aromatic rings. The van der Waals surface area contributed by atoms with Gasteiger partial charge in [0.2, 0.25) is 15.9 Å². The van der Waals surface area contributed by atoms with Crippen LogP contribution >= 0.6 is 0 Å². The normalized spacial score (nSPS) is 16.4. The second kappa shape index (κ2) is 9.05. The van der Waals surface area contributed by atoms with Gasteiger partial charge in [-0.15, -0.1) is 0 Å². The Morgan fingerprint density at radius 1 is 0.969 bits per heavy atom. The SMILES string of the molecule is COc1ccc(N2C(=O)C[C@@H](Nc3cc(S(=O)(=O)N(C)C)ccc3OC)C2=O)c(OC)c1. The van der Waals surface area contributed by atoms with E-state index in [0.717, 1.165) is 9.21 Å². The van der Waals surface area contributed by atoms with Crippen molar-refractivity contribution < 1.29 is 32.2 Å². The molecule has 0 aromatic heterocycles. The maximum atomic E-state index is 13.1. The van der Waals surface area contributed by atoms with Gasteiger partial charge in [-0.3, -0.25) is 9.59 Å². The van der Waals surface area contributed by atoms with Gasteiger partial charge in [0.15, 0.2) is 0 Å². The third-order valence-corrected chi connectivity index (χ3v) is 6.86. The summed E-state index contributed by atoms with van der Waals surface area (Å²) in [5, 5.41) is 2.97. The average molecular weight is 464 g/mol. The van der Waals surface area contributed by atoms with E-state index in [0.29, 0.717) is 22.9 Å². The van der Waals surface area contributed by atoms with Crippen molar-refractivity contribution in [2.24, 2.45) is 0 Å². The zero-order valence-electron chi connectivity index (χ0n) is 18.4. The number of nitrogens with zero attached hydrogens (tertiary/aromatic N) is 2. The fourth-order valence-corrected chi connectivity index (χ4v) is 4.25. The highest BCUT2D eigenvalue weighted by Crippen LogP contribution is 2.36. The molecule has 11 heteroatoms. The first-order valence-corrected chi connectivity index (χ1v) is 11.0. The fourth-order valence-electron chi connectivity index (χ4n) is 3.33. The number of benzene rings is 2. The number of carbonyl (C=O) groups is 2. The summed E-state index contributed by atoms with van der Waals surface area (Å²) in [6.45, 7) is 0. The van der Waals surface area contributed by atoms with Crippen molar-refractivity contribution in [1.29, 1.82) is 0 Å². The lowest BCUT2D eigenvalue weighted by molar-refractivity contribution is -0.121. The minimum atomic E-state index is -3.70. The topological polar surface area (TPSA) is 114 Å². The van der Waals surface area contributed by atoms with E-state index < -0.39 is 27.9 Å². The highest BCUT2D eigenvalue weighted by molar-refractivity contribution is 7.89. The third-order valence-electron chi connectivity index (χ3n) is 5.05. The summed E-state index contributed by atoms with van der Waals surface area (Å²) in [5.74, 6) is 0.239. The molecule has 10 nitrogen and oxygen atoms in total. The molecule has 1 heterocycles. The van der Waals surface area contributed by atoms with Gasteiger partial charge in [-0.05, 0) is 30.3 Å². The predicted molar refractivity (Wildman–Crippen MR) is 118 cm³/mol. The van der Waals surface area contributed by atoms with Crippen LogP contribution in [0.15, 0.2) is 41.3 Å². The summed E-state index contributed by atoms with van der Waals surface area (Å²) in [6, 6.07) is 8.14. The number of carbonyl (C=O) groups excluding carboxylic acids is 2. The molecule has 0 unspecified atom stereocenters. The van der Waals surface area contributed by atoms with Crippen LogP contribution < -0.4 is 24.4 Å². The summed E-state index contributed by atoms with van der Waals surface area (Å²) in [7, 11) is 3.50. The van der Waals surface area contributed by atoms with Gasteiger partial charge >= 0.3 is 0 Å². The first-order valence-electron chi connectivity index (χ1n) is 9.60. The molecular formula is C21H25N3O7S. The number of ether oxygens (including phenoxy) is 3. The molecule has 1 N–H and O–H groups in total. The summed E-state index contributed by atoms with van der Waals surface area (Å²) in [4.78, 5) is 26.9. The molecule has 1 fully saturated rings. The first kappa shape index (κ1) is 23.4. The largest absolute Gasteiger partial charge is 0.497 e. The van der Waals surface area contributed by atoms with E-state index in [2.05, 4.69) is 5.32 Å². The maximum Gasteiger partial charge on any atom is 0.256 e. The average Bonchev–Trinajstić information content (AvgIpc) is 3.05. The Hall–Kier alpha value is -3.31. The van der Waals surface area contributed by atoms with Crippen molar-refractivity contribution >= 4 is 33.2 Å². The molecule has 32 heavy (non-hydrogen) atoms. The van der Waals surface area contributed by atoms with Crippen LogP contribution in [0.1, 0.15) is 6.42 Å². The molecule has 2 aromatic carbocycles. The summed E-state index contributed by atoms with van der Waals surface area (Å²) < 4.78 is 41.9. The number of hydrogen-bond acceptors (Lipinski definition) is 8. The smallest absolute Gasteiger partial charge is 0.256 e. The first-order chi connectivity index (χ1) is 15.1. The molecule has 0 saturated carbocycles. The van der Waals surface area contributed by atoms with Gasteiger partial charge in [-0.2, -0.15) is 0 Å².